The van der Waals surface area contributed by atoms with Crippen LogP contribution >= 0.6 is 0 Å². The topological polar surface area (TPSA) is 8.17 Å². The van der Waals surface area contributed by atoms with Crippen LogP contribution in [-0.4, -0.2) is 4.57 Å². The van der Waals surface area contributed by atoms with Crippen molar-refractivity contribution in [2.24, 2.45) is 0 Å². The Kier molecular flexibility index (Phi) is 9.21. The molecule has 308 valence electrons. The SMILES string of the molecule is CC1(C)c2cc(-c3ccc4ccccc4c3)ccc2-c2ccc3c4cc(-c5ccc(/C=C/c6ccc(N(c7ccccc7)c7ccccc7)cc6)cc5)ccc4n(-c4ccccc4)c3c21. The summed E-state index contributed by atoms with van der Waals surface area (Å²) < 4.78 is 2.51. The van der Waals surface area contributed by atoms with Crippen molar-refractivity contribution in [2.45, 2.75) is 19.3 Å². The van der Waals surface area contributed by atoms with Gasteiger partial charge in [0.15, 0.2) is 0 Å². The molecule has 0 saturated carbocycles. The van der Waals surface area contributed by atoms with Crippen molar-refractivity contribution in [3.63, 3.8) is 0 Å². The monoisotopic (exact) mass is 830 g/mol. The highest BCUT2D eigenvalue weighted by atomic mass is 15.1. The van der Waals surface area contributed by atoms with E-state index in [1.165, 1.54) is 82.8 Å². The lowest BCUT2D eigenvalue weighted by Crippen LogP contribution is -2.16. The maximum atomic E-state index is 2.51. The van der Waals surface area contributed by atoms with Crippen LogP contribution in [0.5, 0.6) is 0 Å². The Morgan fingerprint density at radius 1 is 0.400 bits per heavy atom. The smallest absolute Gasteiger partial charge is 0.0588 e. The van der Waals surface area contributed by atoms with Gasteiger partial charge >= 0.3 is 0 Å². The first kappa shape index (κ1) is 38.5. The van der Waals surface area contributed by atoms with E-state index in [2.05, 4.69) is 266 Å². The summed E-state index contributed by atoms with van der Waals surface area (Å²) in [5, 5.41) is 5.07. The highest BCUT2D eigenvalue weighted by Gasteiger charge is 2.39. The van der Waals surface area contributed by atoms with Gasteiger partial charge in [-0.25, -0.2) is 0 Å². The molecule has 0 spiro atoms. The molecular formula is C63H46N2. The molecule has 0 aliphatic heterocycles. The zero-order chi connectivity index (χ0) is 43.5. The van der Waals surface area contributed by atoms with E-state index in [0.29, 0.717) is 0 Å². The molecule has 0 bridgehead atoms. The highest BCUT2D eigenvalue weighted by Crippen LogP contribution is 2.54. The Hall–Kier alpha value is -8.20. The number of para-hydroxylation sites is 3. The minimum absolute atomic E-state index is 0.225. The van der Waals surface area contributed by atoms with Crippen molar-refractivity contribution < 1.29 is 0 Å². The molecule has 0 amide bonds. The lowest BCUT2D eigenvalue weighted by Gasteiger charge is -2.25. The van der Waals surface area contributed by atoms with Crippen LogP contribution in [0, 0.1) is 0 Å². The molecule has 0 saturated heterocycles. The van der Waals surface area contributed by atoms with Crippen LogP contribution in [0.15, 0.2) is 231 Å². The molecule has 10 aromatic carbocycles. The van der Waals surface area contributed by atoms with E-state index in [-0.39, 0.29) is 5.41 Å². The molecule has 0 atom stereocenters. The first-order valence-corrected chi connectivity index (χ1v) is 22.6. The molecule has 11 aromatic rings. The van der Waals surface area contributed by atoms with Crippen molar-refractivity contribution in [3.05, 3.63) is 253 Å². The summed E-state index contributed by atoms with van der Waals surface area (Å²) in [4.78, 5) is 2.29. The molecule has 0 radical (unpaired) electrons. The Bertz CT molecular complexity index is 3540. The van der Waals surface area contributed by atoms with Crippen LogP contribution < -0.4 is 4.90 Å². The van der Waals surface area contributed by atoms with E-state index >= 15 is 0 Å². The van der Waals surface area contributed by atoms with Crippen molar-refractivity contribution in [2.75, 3.05) is 4.90 Å². The first-order valence-electron chi connectivity index (χ1n) is 22.6. The number of aromatic nitrogens is 1. The van der Waals surface area contributed by atoms with Gasteiger partial charge in [-0.3, -0.25) is 0 Å². The summed E-state index contributed by atoms with van der Waals surface area (Å²) >= 11 is 0. The summed E-state index contributed by atoms with van der Waals surface area (Å²) in [7, 11) is 0. The fourth-order valence-electron chi connectivity index (χ4n) is 10.3. The molecule has 0 N–H and O–H groups in total. The molecule has 0 fully saturated rings. The van der Waals surface area contributed by atoms with Gasteiger partial charge in [-0.05, 0) is 139 Å². The molecule has 12 rings (SSSR count). The first-order chi connectivity index (χ1) is 32.0. The van der Waals surface area contributed by atoms with Gasteiger partial charge in [-0.1, -0.05) is 184 Å². The normalized spacial score (nSPS) is 12.8. The average molecular weight is 831 g/mol. The number of nitrogens with zero attached hydrogens (tertiary/aromatic N) is 2. The quantitative estimate of drug-likeness (QED) is 0.139. The minimum Gasteiger partial charge on any atom is -0.311 e. The number of hydrogen-bond donors (Lipinski definition) is 0. The molecule has 1 aliphatic carbocycles. The minimum atomic E-state index is -0.225. The number of anilines is 3. The summed E-state index contributed by atoms with van der Waals surface area (Å²) in [5.41, 5.74) is 19.5. The summed E-state index contributed by atoms with van der Waals surface area (Å²) in [5.74, 6) is 0. The molecule has 2 nitrogen and oxygen atoms in total. The van der Waals surface area contributed by atoms with Gasteiger partial charge in [0.2, 0.25) is 0 Å². The molecule has 1 aromatic heterocycles. The van der Waals surface area contributed by atoms with Crippen molar-refractivity contribution in [3.8, 4) is 39.1 Å². The maximum Gasteiger partial charge on any atom is 0.0588 e. The summed E-state index contributed by atoms with van der Waals surface area (Å²) in [6, 6.07) is 84.0. The predicted octanol–water partition coefficient (Wildman–Crippen LogP) is 17.2. The van der Waals surface area contributed by atoms with Crippen LogP contribution in [0.25, 0.3) is 83.8 Å². The second-order valence-electron chi connectivity index (χ2n) is 17.8. The van der Waals surface area contributed by atoms with Crippen LogP contribution in [0.3, 0.4) is 0 Å². The Morgan fingerprint density at radius 2 is 0.923 bits per heavy atom. The Labute approximate surface area is 380 Å². The number of rotatable bonds is 8. The van der Waals surface area contributed by atoms with E-state index in [0.717, 1.165) is 28.2 Å². The van der Waals surface area contributed by atoms with Crippen molar-refractivity contribution in [1.82, 2.24) is 4.57 Å². The molecule has 1 heterocycles. The number of fused-ring (bicyclic) bond motifs is 8. The van der Waals surface area contributed by atoms with Gasteiger partial charge in [0.1, 0.15) is 0 Å². The largest absolute Gasteiger partial charge is 0.311 e. The van der Waals surface area contributed by atoms with E-state index in [9.17, 15) is 0 Å². The van der Waals surface area contributed by atoms with Gasteiger partial charge in [-0.15, -0.1) is 0 Å². The molecule has 0 unspecified atom stereocenters. The van der Waals surface area contributed by atoms with Gasteiger partial charge in [0.25, 0.3) is 0 Å². The summed E-state index contributed by atoms with van der Waals surface area (Å²) in [6.07, 6.45) is 4.40. The third-order valence-electron chi connectivity index (χ3n) is 13.5. The fraction of sp³-hybridized carbons (Fsp3) is 0.0476. The van der Waals surface area contributed by atoms with Gasteiger partial charge in [0.05, 0.1) is 11.0 Å². The van der Waals surface area contributed by atoms with E-state index in [1.54, 1.807) is 0 Å². The van der Waals surface area contributed by atoms with Crippen LogP contribution in [0.1, 0.15) is 36.1 Å². The second-order valence-corrected chi connectivity index (χ2v) is 17.8. The number of hydrogen-bond acceptors (Lipinski definition) is 1. The van der Waals surface area contributed by atoms with Gasteiger partial charge < -0.3 is 9.47 Å². The molecular weight excluding hydrogens is 785 g/mol. The van der Waals surface area contributed by atoms with Crippen molar-refractivity contribution >= 4 is 61.8 Å². The van der Waals surface area contributed by atoms with Crippen molar-refractivity contribution in [1.29, 1.82) is 0 Å². The molecule has 2 heteroatoms. The fourth-order valence-corrected chi connectivity index (χ4v) is 10.3. The van der Waals surface area contributed by atoms with Gasteiger partial charge in [-0.2, -0.15) is 0 Å². The standard InChI is InChI=1S/C63H46N2/c1-63(2)59-42-50(48-31-30-45-14-12-13-15-47(45)40-48)32-36-55(59)56-37-38-57-58-41-49(33-39-60(58)65(62(57)61(56)63)53-20-10-5-11-21-53)46-28-24-43(25-29-46)22-23-44-26-34-54(35-27-44)64(51-16-6-3-7-17-51)52-18-8-4-9-19-52/h3-42H,1-2H3/b23-22+. The van der Waals surface area contributed by atoms with E-state index in [4.69, 9.17) is 0 Å². The lowest BCUT2D eigenvalue weighted by molar-refractivity contribution is 0.664. The molecule has 65 heavy (non-hydrogen) atoms. The van der Waals surface area contributed by atoms with E-state index < -0.39 is 0 Å². The van der Waals surface area contributed by atoms with Gasteiger partial charge in [0, 0.05) is 38.9 Å². The van der Waals surface area contributed by atoms with Crippen LogP contribution in [-0.2, 0) is 5.41 Å². The molecule has 1 aliphatic rings. The predicted molar refractivity (Wildman–Crippen MR) is 277 cm³/mol. The van der Waals surface area contributed by atoms with E-state index in [1.807, 2.05) is 0 Å². The highest BCUT2D eigenvalue weighted by molar-refractivity contribution is 6.14. The second kappa shape index (κ2) is 15.6. The number of benzene rings is 10. The van der Waals surface area contributed by atoms with Crippen LogP contribution in [0.4, 0.5) is 17.1 Å². The average Bonchev–Trinajstić information content (AvgIpc) is 3.82. The third-order valence-corrected chi connectivity index (χ3v) is 13.5. The Balaban J connectivity index is 0.876. The summed E-state index contributed by atoms with van der Waals surface area (Å²) in [6.45, 7) is 4.83. The zero-order valence-electron chi connectivity index (χ0n) is 36.5. The zero-order valence-corrected chi connectivity index (χ0v) is 36.5. The van der Waals surface area contributed by atoms with Crippen LogP contribution in [0.2, 0.25) is 0 Å². The lowest BCUT2D eigenvalue weighted by atomic mass is 9.80. The Morgan fingerprint density at radius 3 is 1.62 bits per heavy atom. The maximum absolute atomic E-state index is 2.51. The third kappa shape index (κ3) is 6.65.